The summed E-state index contributed by atoms with van der Waals surface area (Å²) in [5.41, 5.74) is 7.39. The summed E-state index contributed by atoms with van der Waals surface area (Å²) in [4.78, 5) is 2.03. The van der Waals surface area contributed by atoms with Crippen LogP contribution in [0.4, 0.5) is 11.4 Å². The van der Waals surface area contributed by atoms with E-state index < -0.39 is 9.84 Å². The highest BCUT2D eigenvalue weighted by Gasteiger charge is 2.08. The summed E-state index contributed by atoms with van der Waals surface area (Å²) in [5, 5.41) is 0. The van der Waals surface area contributed by atoms with Crippen molar-refractivity contribution in [2.45, 2.75) is 13.3 Å². The molecule has 4 nitrogen and oxygen atoms in total. The lowest BCUT2D eigenvalue weighted by molar-refractivity contribution is 0.594. The smallest absolute Gasteiger partial charge is 0.150 e. The Bertz CT molecular complexity index is 440. The molecule has 0 saturated heterocycles. The average molecular weight is 256 g/mol. The van der Waals surface area contributed by atoms with E-state index in [2.05, 4.69) is 0 Å². The van der Waals surface area contributed by atoms with Crippen molar-refractivity contribution in [1.29, 1.82) is 0 Å². The quantitative estimate of drug-likeness (QED) is 0.784. The molecule has 0 radical (unpaired) electrons. The molecule has 96 valence electrons. The van der Waals surface area contributed by atoms with Crippen molar-refractivity contribution in [3.05, 3.63) is 24.3 Å². The molecule has 0 bridgehead atoms. The van der Waals surface area contributed by atoms with Crippen LogP contribution in [0.1, 0.15) is 13.3 Å². The van der Waals surface area contributed by atoms with Crippen LogP contribution in [-0.2, 0) is 9.84 Å². The van der Waals surface area contributed by atoms with Crippen molar-refractivity contribution in [3.63, 3.8) is 0 Å². The fourth-order valence-corrected chi connectivity index (χ4v) is 2.38. The highest BCUT2D eigenvalue weighted by Crippen LogP contribution is 2.14. The predicted octanol–water partition coefficient (Wildman–Crippen LogP) is 1.53. The van der Waals surface area contributed by atoms with Crippen LogP contribution in [-0.4, -0.2) is 33.5 Å². The summed E-state index contributed by atoms with van der Waals surface area (Å²) >= 11 is 0. The van der Waals surface area contributed by atoms with Crippen molar-refractivity contribution < 1.29 is 8.42 Å². The monoisotopic (exact) mass is 256 g/mol. The van der Waals surface area contributed by atoms with Crippen molar-refractivity contribution in [2.24, 2.45) is 0 Å². The molecule has 0 aliphatic carbocycles. The van der Waals surface area contributed by atoms with E-state index in [1.54, 1.807) is 6.92 Å². The maximum absolute atomic E-state index is 11.3. The van der Waals surface area contributed by atoms with Crippen LogP contribution >= 0.6 is 0 Å². The number of nitrogens with zero attached hydrogens (tertiary/aromatic N) is 1. The third-order valence-corrected chi connectivity index (χ3v) is 4.51. The third kappa shape index (κ3) is 4.65. The van der Waals surface area contributed by atoms with Crippen molar-refractivity contribution in [1.82, 2.24) is 0 Å². The molecule has 0 aliphatic heterocycles. The summed E-state index contributed by atoms with van der Waals surface area (Å²) in [6.45, 7) is 2.40. The molecular formula is C12H20N2O2S. The Balaban J connectivity index is 2.45. The number of nitrogens with two attached hydrogens (primary N) is 1. The first kappa shape index (κ1) is 13.8. The summed E-state index contributed by atoms with van der Waals surface area (Å²) in [7, 11) is -0.902. The lowest BCUT2D eigenvalue weighted by Crippen LogP contribution is -2.21. The molecule has 0 fully saturated rings. The van der Waals surface area contributed by atoms with Crippen LogP contribution in [0.3, 0.4) is 0 Å². The minimum absolute atomic E-state index is 0.221. The molecule has 0 spiro atoms. The average Bonchev–Trinajstić information content (AvgIpc) is 2.29. The second-order valence-electron chi connectivity index (χ2n) is 4.10. The van der Waals surface area contributed by atoms with Crippen LogP contribution in [0.25, 0.3) is 0 Å². The molecular weight excluding hydrogens is 236 g/mol. The van der Waals surface area contributed by atoms with Crippen molar-refractivity contribution in [3.8, 4) is 0 Å². The Morgan fingerprint density at radius 2 is 1.82 bits per heavy atom. The number of anilines is 2. The highest BCUT2D eigenvalue weighted by molar-refractivity contribution is 7.91. The van der Waals surface area contributed by atoms with Crippen LogP contribution < -0.4 is 10.6 Å². The van der Waals surface area contributed by atoms with Crippen LogP contribution in [0.15, 0.2) is 24.3 Å². The van der Waals surface area contributed by atoms with Crippen LogP contribution in [0.2, 0.25) is 0 Å². The van der Waals surface area contributed by atoms with Gasteiger partial charge in [0.2, 0.25) is 0 Å². The molecule has 0 unspecified atom stereocenters. The zero-order valence-corrected chi connectivity index (χ0v) is 11.2. The largest absolute Gasteiger partial charge is 0.399 e. The molecule has 17 heavy (non-hydrogen) atoms. The van der Waals surface area contributed by atoms with Gasteiger partial charge >= 0.3 is 0 Å². The lowest BCUT2D eigenvalue weighted by atomic mass is 10.2. The van der Waals surface area contributed by atoms with E-state index in [0.29, 0.717) is 6.42 Å². The van der Waals surface area contributed by atoms with E-state index in [-0.39, 0.29) is 11.5 Å². The first-order valence-corrected chi connectivity index (χ1v) is 7.54. The lowest BCUT2D eigenvalue weighted by Gasteiger charge is -2.19. The van der Waals surface area contributed by atoms with E-state index in [4.69, 9.17) is 5.73 Å². The molecule has 0 aliphatic rings. The second kappa shape index (κ2) is 5.91. The number of hydrogen-bond donors (Lipinski definition) is 1. The van der Waals surface area contributed by atoms with Gasteiger partial charge in [0.1, 0.15) is 9.84 Å². The Morgan fingerprint density at radius 1 is 1.24 bits per heavy atom. The number of nitrogen functional groups attached to an aromatic ring is 1. The summed E-state index contributed by atoms with van der Waals surface area (Å²) < 4.78 is 22.7. The molecule has 0 atom stereocenters. The Morgan fingerprint density at radius 3 is 2.35 bits per heavy atom. The van der Waals surface area contributed by atoms with Gasteiger partial charge in [0.25, 0.3) is 0 Å². The van der Waals surface area contributed by atoms with E-state index >= 15 is 0 Å². The van der Waals surface area contributed by atoms with Crippen molar-refractivity contribution in [2.75, 3.05) is 35.7 Å². The fraction of sp³-hybridized carbons (Fsp3) is 0.500. The van der Waals surface area contributed by atoms with Gasteiger partial charge in [0.05, 0.1) is 5.75 Å². The number of hydrogen-bond acceptors (Lipinski definition) is 4. The predicted molar refractivity (Wildman–Crippen MR) is 73.1 cm³/mol. The molecule has 2 N–H and O–H groups in total. The van der Waals surface area contributed by atoms with Crippen LogP contribution in [0, 0.1) is 0 Å². The second-order valence-corrected chi connectivity index (χ2v) is 6.58. The van der Waals surface area contributed by atoms with Crippen LogP contribution in [0.5, 0.6) is 0 Å². The molecule has 0 aromatic heterocycles. The van der Waals surface area contributed by atoms with Gasteiger partial charge in [0, 0.05) is 30.7 Å². The van der Waals surface area contributed by atoms with E-state index in [0.717, 1.165) is 17.9 Å². The van der Waals surface area contributed by atoms with Crippen molar-refractivity contribution >= 4 is 21.2 Å². The molecule has 0 saturated carbocycles. The molecule has 1 aromatic carbocycles. The third-order valence-electron chi connectivity index (χ3n) is 2.72. The molecule has 0 amide bonds. The number of benzene rings is 1. The van der Waals surface area contributed by atoms with Gasteiger partial charge in [-0.2, -0.15) is 0 Å². The Kier molecular flexibility index (Phi) is 4.81. The topological polar surface area (TPSA) is 63.4 Å². The van der Waals surface area contributed by atoms with Gasteiger partial charge in [-0.3, -0.25) is 0 Å². The van der Waals surface area contributed by atoms with E-state index in [9.17, 15) is 8.42 Å². The van der Waals surface area contributed by atoms with Gasteiger partial charge in [-0.15, -0.1) is 0 Å². The molecule has 5 heteroatoms. The SMILES string of the molecule is CCS(=O)(=O)CCCN(C)c1ccc(N)cc1. The van der Waals surface area contributed by atoms with Gasteiger partial charge in [-0.05, 0) is 30.7 Å². The number of rotatable bonds is 6. The maximum atomic E-state index is 11.3. The fourth-order valence-electron chi connectivity index (χ4n) is 1.52. The number of sulfone groups is 1. The summed E-state index contributed by atoms with van der Waals surface area (Å²) in [6, 6.07) is 7.55. The minimum atomic E-state index is -2.85. The van der Waals surface area contributed by atoms with E-state index in [1.165, 1.54) is 0 Å². The van der Waals surface area contributed by atoms with Gasteiger partial charge < -0.3 is 10.6 Å². The highest BCUT2D eigenvalue weighted by atomic mass is 32.2. The van der Waals surface area contributed by atoms with E-state index in [1.807, 2.05) is 36.2 Å². The Hall–Kier alpha value is -1.23. The maximum Gasteiger partial charge on any atom is 0.150 e. The zero-order chi connectivity index (χ0) is 12.9. The molecule has 1 rings (SSSR count). The normalized spacial score (nSPS) is 11.4. The first-order valence-electron chi connectivity index (χ1n) is 5.71. The first-order chi connectivity index (χ1) is 7.94. The van der Waals surface area contributed by atoms with Gasteiger partial charge in [-0.25, -0.2) is 8.42 Å². The van der Waals surface area contributed by atoms with Gasteiger partial charge in [0.15, 0.2) is 0 Å². The standard InChI is InChI=1S/C12H20N2O2S/c1-3-17(15,16)10-4-9-14(2)12-7-5-11(13)6-8-12/h5-8H,3-4,9-10,13H2,1-2H3. The minimum Gasteiger partial charge on any atom is -0.399 e. The zero-order valence-electron chi connectivity index (χ0n) is 10.4. The molecule has 0 heterocycles. The Labute approximate surface area is 103 Å². The summed E-state index contributed by atoms with van der Waals surface area (Å²) in [6.07, 6.45) is 0.650. The van der Waals surface area contributed by atoms with Gasteiger partial charge in [-0.1, -0.05) is 6.92 Å². The summed E-state index contributed by atoms with van der Waals surface area (Å²) in [5.74, 6) is 0.474. The molecule has 1 aromatic rings.